The average molecular weight is 341 g/mol. The molecule has 1 aromatic heterocycles. The van der Waals surface area contributed by atoms with Gasteiger partial charge in [-0.15, -0.1) is 0 Å². The molecule has 3 rings (SSSR count). The van der Waals surface area contributed by atoms with Gasteiger partial charge in [0.05, 0.1) is 12.1 Å². The third-order valence-electron chi connectivity index (χ3n) is 4.39. The van der Waals surface area contributed by atoms with Crippen LogP contribution in [0.3, 0.4) is 0 Å². The van der Waals surface area contributed by atoms with E-state index in [9.17, 15) is 9.59 Å². The highest BCUT2D eigenvalue weighted by Crippen LogP contribution is 2.18. The van der Waals surface area contributed by atoms with Gasteiger partial charge in [0.1, 0.15) is 12.3 Å². The topological polar surface area (TPSA) is 84.2 Å². The maximum Gasteiger partial charge on any atom is 0.242 e. The van der Waals surface area contributed by atoms with Crippen LogP contribution < -0.4 is 10.6 Å². The number of hydrogen-bond donors (Lipinski definition) is 2. The number of carbonyl (C=O) groups excluding carboxylic acids is 2. The number of benzene rings is 1. The number of rotatable bonds is 6. The fourth-order valence-corrected chi connectivity index (χ4v) is 3.02. The summed E-state index contributed by atoms with van der Waals surface area (Å²) >= 11 is 0. The van der Waals surface area contributed by atoms with E-state index in [0.29, 0.717) is 11.6 Å². The Morgan fingerprint density at radius 2 is 1.96 bits per heavy atom. The monoisotopic (exact) mass is 341 g/mol. The van der Waals surface area contributed by atoms with E-state index in [1.54, 1.807) is 6.92 Å². The van der Waals surface area contributed by atoms with Crippen molar-refractivity contribution in [3.8, 4) is 11.5 Å². The van der Waals surface area contributed by atoms with Gasteiger partial charge in [0.2, 0.25) is 17.7 Å². The molecular weight excluding hydrogens is 318 g/mol. The van der Waals surface area contributed by atoms with Crippen LogP contribution in [0.25, 0.3) is 11.5 Å². The first kappa shape index (κ1) is 17.2. The Hall–Kier alpha value is -2.63. The molecule has 1 fully saturated rings. The molecule has 6 nitrogen and oxygen atoms in total. The van der Waals surface area contributed by atoms with Gasteiger partial charge < -0.3 is 15.1 Å². The predicted molar refractivity (Wildman–Crippen MR) is 93.6 cm³/mol. The van der Waals surface area contributed by atoms with Crippen molar-refractivity contribution in [2.45, 2.75) is 51.1 Å². The molecule has 0 spiro atoms. The first-order chi connectivity index (χ1) is 12.1. The van der Waals surface area contributed by atoms with Crippen LogP contribution in [0, 0.1) is 0 Å². The molecule has 0 radical (unpaired) electrons. The summed E-state index contributed by atoms with van der Waals surface area (Å²) in [6, 6.07) is 9.19. The molecule has 6 heteroatoms. The molecule has 132 valence electrons. The van der Waals surface area contributed by atoms with Crippen molar-refractivity contribution < 1.29 is 14.0 Å². The lowest BCUT2D eigenvalue weighted by Gasteiger charge is -2.17. The van der Waals surface area contributed by atoms with E-state index in [2.05, 4.69) is 15.6 Å². The number of nitrogens with zero attached hydrogens (tertiary/aromatic N) is 1. The van der Waals surface area contributed by atoms with E-state index >= 15 is 0 Å². The molecule has 2 aromatic rings. The molecule has 2 amide bonds. The Morgan fingerprint density at radius 1 is 1.24 bits per heavy atom. The quantitative estimate of drug-likeness (QED) is 0.845. The summed E-state index contributed by atoms with van der Waals surface area (Å²) in [7, 11) is 0. The van der Waals surface area contributed by atoms with Crippen molar-refractivity contribution in [3.63, 3.8) is 0 Å². The highest BCUT2D eigenvalue weighted by molar-refractivity contribution is 5.88. The molecule has 0 unspecified atom stereocenters. The van der Waals surface area contributed by atoms with Crippen molar-refractivity contribution in [2.24, 2.45) is 0 Å². The van der Waals surface area contributed by atoms with Crippen LogP contribution in [-0.4, -0.2) is 28.9 Å². The van der Waals surface area contributed by atoms with Gasteiger partial charge in [-0.05, 0) is 31.9 Å². The number of aromatic nitrogens is 1. The highest BCUT2D eigenvalue weighted by Gasteiger charge is 2.22. The van der Waals surface area contributed by atoms with Gasteiger partial charge in [0, 0.05) is 11.6 Å². The smallest absolute Gasteiger partial charge is 0.242 e. The van der Waals surface area contributed by atoms with Crippen LogP contribution in [0.4, 0.5) is 0 Å². The molecule has 25 heavy (non-hydrogen) atoms. The SMILES string of the molecule is C[C@@H](NC(=O)Cc1coc(-c2ccccc2)n1)C(=O)NC1CCCC1. The van der Waals surface area contributed by atoms with Crippen molar-refractivity contribution in [1.29, 1.82) is 0 Å². The van der Waals surface area contributed by atoms with Crippen molar-refractivity contribution >= 4 is 11.8 Å². The minimum atomic E-state index is -0.561. The second-order valence-corrected chi connectivity index (χ2v) is 6.47. The Balaban J connectivity index is 1.50. The van der Waals surface area contributed by atoms with Gasteiger partial charge in [-0.25, -0.2) is 4.98 Å². The predicted octanol–water partition coefficient (Wildman–Crippen LogP) is 2.45. The van der Waals surface area contributed by atoms with Gasteiger partial charge in [-0.1, -0.05) is 31.0 Å². The number of carbonyl (C=O) groups is 2. The Labute approximate surface area is 147 Å². The molecule has 1 saturated carbocycles. The molecular formula is C19H23N3O3. The zero-order chi connectivity index (χ0) is 17.6. The Morgan fingerprint density at radius 3 is 2.68 bits per heavy atom. The van der Waals surface area contributed by atoms with E-state index in [-0.39, 0.29) is 24.3 Å². The summed E-state index contributed by atoms with van der Waals surface area (Å²) in [6.07, 6.45) is 5.91. The van der Waals surface area contributed by atoms with Crippen molar-refractivity contribution in [1.82, 2.24) is 15.6 Å². The summed E-state index contributed by atoms with van der Waals surface area (Å²) in [5.41, 5.74) is 1.40. The van der Waals surface area contributed by atoms with Gasteiger partial charge >= 0.3 is 0 Å². The van der Waals surface area contributed by atoms with Crippen LogP contribution in [0.1, 0.15) is 38.3 Å². The molecule has 1 aromatic carbocycles. The Bertz CT molecular complexity index is 721. The molecule has 0 saturated heterocycles. The zero-order valence-electron chi connectivity index (χ0n) is 14.3. The first-order valence-corrected chi connectivity index (χ1v) is 8.71. The third kappa shape index (κ3) is 4.68. The fourth-order valence-electron chi connectivity index (χ4n) is 3.02. The number of amides is 2. The van der Waals surface area contributed by atoms with Crippen LogP contribution >= 0.6 is 0 Å². The van der Waals surface area contributed by atoms with E-state index in [1.807, 2.05) is 30.3 Å². The lowest BCUT2D eigenvalue weighted by Crippen LogP contribution is -2.47. The average Bonchev–Trinajstić information content (AvgIpc) is 3.27. The lowest BCUT2D eigenvalue weighted by molar-refractivity contribution is -0.128. The largest absolute Gasteiger partial charge is 0.444 e. The van der Waals surface area contributed by atoms with Crippen LogP contribution in [0.5, 0.6) is 0 Å². The molecule has 1 heterocycles. The maximum absolute atomic E-state index is 12.1. The minimum Gasteiger partial charge on any atom is -0.444 e. The third-order valence-corrected chi connectivity index (χ3v) is 4.39. The van der Waals surface area contributed by atoms with Crippen LogP contribution in [-0.2, 0) is 16.0 Å². The number of nitrogens with one attached hydrogen (secondary N) is 2. The molecule has 0 bridgehead atoms. The van der Waals surface area contributed by atoms with Crippen molar-refractivity contribution in [3.05, 3.63) is 42.3 Å². The number of hydrogen-bond acceptors (Lipinski definition) is 4. The normalized spacial score (nSPS) is 15.7. The Kier molecular flexibility index (Phi) is 5.48. The minimum absolute atomic E-state index is 0.0807. The molecule has 0 aliphatic heterocycles. The summed E-state index contributed by atoms with van der Waals surface area (Å²) in [5, 5.41) is 5.70. The fraction of sp³-hybridized carbons (Fsp3) is 0.421. The van der Waals surface area contributed by atoms with E-state index in [0.717, 1.165) is 31.2 Å². The number of oxazole rings is 1. The summed E-state index contributed by atoms with van der Waals surface area (Å²) in [4.78, 5) is 28.6. The lowest BCUT2D eigenvalue weighted by atomic mass is 10.2. The summed E-state index contributed by atoms with van der Waals surface area (Å²) < 4.78 is 5.42. The van der Waals surface area contributed by atoms with E-state index in [4.69, 9.17) is 4.42 Å². The molecule has 1 aliphatic rings. The van der Waals surface area contributed by atoms with Gasteiger partial charge in [-0.3, -0.25) is 9.59 Å². The van der Waals surface area contributed by atoms with E-state index in [1.165, 1.54) is 6.26 Å². The maximum atomic E-state index is 12.1. The second-order valence-electron chi connectivity index (χ2n) is 6.47. The first-order valence-electron chi connectivity index (χ1n) is 8.71. The molecule has 2 N–H and O–H groups in total. The second kappa shape index (κ2) is 7.96. The molecule has 1 atom stereocenters. The van der Waals surface area contributed by atoms with E-state index < -0.39 is 6.04 Å². The zero-order valence-corrected chi connectivity index (χ0v) is 14.3. The summed E-state index contributed by atoms with van der Waals surface area (Å²) in [6.45, 7) is 1.69. The standard InChI is InChI=1S/C19H23N3O3/c1-13(18(24)21-15-9-5-6-10-15)20-17(23)11-16-12-25-19(22-16)14-7-3-2-4-8-14/h2-4,7-8,12-13,15H,5-6,9-11H2,1H3,(H,20,23)(H,21,24)/t13-/m1/s1. The van der Waals surface area contributed by atoms with Gasteiger partial charge in [0.25, 0.3) is 0 Å². The summed E-state index contributed by atoms with van der Waals surface area (Å²) in [5.74, 6) is 0.0998. The van der Waals surface area contributed by atoms with Crippen LogP contribution in [0.2, 0.25) is 0 Å². The van der Waals surface area contributed by atoms with Gasteiger partial charge in [0.15, 0.2) is 0 Å². The van der Waals surface area contributed by atoms with Gasteiger partial charge in [-0.2, -0.15) is 0 Å². The van der Waals surface area contributed by atoms with Crippen molar-refractivity contribution in [2.75, 3.05) is 0 Å². The molecule has 1 aliphatic carbocycles. The van der Waals surface area contributed by atoms with Crippen LogP contribution in [0.15, 0.2) is 41.0 Å². The highest BCUT2D eigenvalue weighted by atomic mass is 16.3.